The smallest absolute Gasteiger partial charge is 0.292 e. The molecule has 2 bridgehead atoms. The van der Waals surface area contributed by atoms with Crippen molar-refractivity contribution in [3.8, 4) is 0 Å². The van der Waals surface area contributed by atoms with Crippen LogP contribution >= 0.6 is 0 Å². The Morgan fingerprint density at radius 2 is 2.03 bits per heavy atom. The number of fused-ring (bicyclic) bond motifs is 4. The Morgan fingerprint density at radius 1 is 1.20 bits per heavy atom. The zero-order chi connectivity index (χ0) is 20.7. The minimum Gasteiger partial charge on any atom is -0.379 e. The second-order valence-electron chi connectivity index (χ2n) is 8.63. The molecular weight excluding hydrogens is 384 g/mol. The van der Waals surface area contributed by atoms with Gasteiger partial charge >= 0.3 is 0 Å². The molecule has 5 rings (SSSR count). The van der Waals surface area contributed by atoms with Gasteiger partial charge in [-0.2, -0.15) is 0 Å². The van der Waals surface area contributed by atoms with E-state index in [0.29, 0.717) is 31.9 Å². The first kappa shape index (κ1) is 19.5. The lowest BCUT2D eigenvalue weighted by Crippen LogP contribution is -2.49. The highest BCUT2D eigenvalue weighted by Crippen LogP contribution is 2.35. The van der Waals surface area contributed by atoms with E-state index in [1.807, 2.05) is 22.5 Å². The average Bonchev–Trinajstić information content (AvgIpc) is 3.25. The number of pyridine rings is 1. The Bertz CT molecular complexity index is 991. The molecule has 1 amide bonds. The van der Waals surface area contributed by atoms with Crippen LogP contribution in [0.5, 0.6) is 0 Å². The molecule has 0 radical (unpaired) electrons. The van der Waals surface area contributed by atoms with Crippen molar-refractivity contribution in [3.05, 3.63) is 51.3 Å². The molecule has 8 heteroatoms. The van der Waals surface area contributed by atoms with Crippen LogP contribution in [0.15, 0.2) is 27.5 Å². The van der Waals surface area contributed by atoms with Crippen molar-refractivity contribution in [1.29, 1.82) is 0 Å². The maximum atomic E-state index is 13.2. The number of rotatable bonds is 4. The summed E-state index contributed by atoms with van der Waals surface area (Å²) in [5, 5.41) is 3.95. The summed E-state index contributed by atoms with van der Waals surface area (Å²) in [6, 6.07) is 5.81. The molecule has 3 aliphatic heterocycles. The number of likely N-dealkylation sites (tertiary alicyclic amines) is 1. The second-order valence-corrected chi connectivity index (χ2v) is 8.63. The lowest BCUT2D eigenvalue weighted by atomic mass is 9.83. The third kappa shape index (κ3) is 3.58. The van der Waals surface area contributed by atoms with Gasteiger partial charge in [0, 0.05) is 62.5 Å². The first-order valence-corrected chi connectivity index (χ1v) is 10.9. The van der Waals surface area contributed by atoms with Crippen LogP contribution in [-0.4, -0.2) is 64.8 Å². The van der Waals surface area contributed by atoms with Crippen LogP contribution in [0, 0.1) is 5.92 Å². The van der Waals surface area contributed by atoms with Crippen molar-refractivity contribution in [2.75, 3.05) is 39.4 Å². The molecule has 0 N–H and O–H groups in total. The predicted octanol–water partition coefficient (Wildman–Crippen LogP) is 1.49. The van der Waals surface area contributed by atoms with Crippen LogP contribution in [0.2, 0.25) is 0 Å². The number of nitrogens with zero attached hydrogens (tertiary/aromatic N) is 4. The highest BCUT2D eigenvalue weighted by atomic mass is 16.5. The Labute approximate surface area is 175 Å². The van der Waals surface area contributed by atoms with E-state index in [9.17, 15) is 9.59 Å². The lowest BCUT2D eigenvalue weighted by Gasteiger charge is -2.42. The lowest BCUT2D eigenvalue weighted by molar-refractivity contribution is 0.0338. The van der Waals surface area contributed by atoms with Gasteiger partial charge in [-0.25, -0.2) is 0 Å². The topological polar surface area (TPSA) is 80.8 Å². The Hall–Kier alpha value is -2.45. The van der Waals surface area contributed by atoms with E-state index in [-0.39, 0.29) is 23.3 Å². The van der Waals surface area contributed by atoms with Crippen molar-refractivity contribution in [2.45, 2.75) is 38.8 Å². The maximum absolute atomic E-state index is 13.2. The summed E-state index contributed by atoms with van der Waals surface area (Å²) < 4.78 is 12.6. The van der Waals surface area contributed by atoms with Crippen molar-refractivity contribution >= 4 is 5.91 Å². The fourth-order valence-electron chi connectivity index (χ4n) is 5.01. The van der Waals surface area contributed by atoms with E-state index in [0.717, 1.165) is 56.1 Å². The van der Waals surface area contributed by atoms with Crippen LogP contribution in [0.25, 0.3) is 0 Å². The maximum Gasteiger partial charge on any atom is 0.292 e. The zero-order valence-corrected chi connectivity index (χ0v) is 17.4. The van der Waals surface area contributed by atoms with E-state index >= 15 is 0 Å². The van der Waals surface area contributed by atoms with Gasteiger partial charge in [0.2, 0.25) is 5.76 Å². The molecule has 3 aliphatic rings. The molecule has 0 spiro atoms. The predicted molar refractivity (Wildman–Crippen MR) is 109 cm³/mol. The molecule has 30 heavy (non-hydrogen) atoms. The van der Waals surface area contributed by atoms with Crippen molar-refractivity contribution in [3.63, 3.8) is 0 Å². The fourth-order valence-corrected chi connectivity index (χ4v) is 5.01. The van der Waals surface area contributed by atoms with Gasteiger partial charge in [0.1, 0.15) is 0 Å². The molecule has 160 valence electrons. The van der Waals surface area contributed by atoms with Gasteiger partial charge < -0.3 is 18.7 Å². The van der Waals surface area contributed by atoms with Gasteiger partial charge in [0.05, 0.1) is 18.9 Å². The number of ether oxygens (including phenoxy) is 1. The van der Waals surface area contributed by atoms with Crippen molar-refractivity contribution in [1.82, 2.24) is 19.5 Å². The molecule has 2 aromatic heterocycles. The van der Waals surface area contributed by atoms with Gasteiger partial charge in [-0.1, -0.05) is 18.1 Å². The normalized spacial score (nSPS) is 24.0. The van der Waals surface area contributed by atoms with Crippen LogP contribution in [0.1, 0.15) is 46.8 Å². The molecular formula is C22H28N4O4. The number of morpholine rings is 1. The number of aromatic nitrogens is 2. The Kier molecular flexibility index (Phi) is 5.20. The van der Waals surface area contributed by atoms with E-state index in [1.165, 1.54) is 0 Å². The molecule has 5 heterocycles. The monoisotopic (exact) mass is 412 g/mol. The fraction of sp³-hybridized carbons (Fsp3) is 0.591. The molecule has 0 aromatic carbocycles. The van der Waals surface area contributed by atoms with Gasteiger partial charge in [0.25, 0.3) is 11.5 Å². The third-order valence-corrected chi connectivity index (χ3v) is 6.60. The molecule has 2 atom stereocenters. The summed E-state index contributed by atoms with van der Waals surface area (Å²) in [5.74, 6) is 0.673. The molecule has 8 nitrogen and oxygen atoms in total. The second kappa shape index (κ2) is 8.00. The van der Waals surface area contributed by atoms with Gasteiger partial charge in [-0.15, -0.1) is 0 Å². The number of aryl methyl sites for hydroxylation is 1. The van der Waals surface area contributed by atoms with E-state index < -0.39 is 0 Å². The summed E-state index contributed by atoms with van der Waals surface area (Å²) in [6.07, 6.45) is 1.76. The molecule has 2 aromatic rings. The number of hydrogen-bond donors (Lipinski definition) is 0. The number of carbonyl (C=O) groups is 1. The number of amides is 1. The summed E-state index contributed by atoms with van der Waals surface area (Å²) >= 11 is 0. The molecule has 0 unspecified atom stereocenters. The van der Waals surface area contributed by atoms with Gasteiger partial charge in [-0.3, -0.25) is 14.5 Å². The minimum atomic E-state index is -0.100. The molecule has 0 saturated carbocycles. The SMILES string of the molecule is CCc1cc(C(=O)N2C[C@@H]3C[C@H](C2)c2ccc(CN4CCOCC4)c(=O)n2C3)on1. The highest BCUT2D eigenvalue weighted by Gasteiger charge is 2.37. The number of carbonyl (C=O) groups excluding carboxylic acids is 1. The van der Waals surface area contributed by atoms with Crippen LogP contribution < -0.4 is 5.56 Å². The van der Waals surface area contributed by atoms with Crippen LogP contribution in [-0.2, 0) is 24.2 Å². The Morgan fingerprint density at radius 3 is 2.80 bits per heavy atom. The third-order valence-electron chi connectivity index (χ3n) is 6.60. The van der Waals surface area contributed by atoms with Gasteiger partial charge in [0.15, 0.2) is 0 Å². The minimum absolute atomic E-state index is 0.100. The van der Waals surface area contributed by atoms with Gasteiger partial charge in [-0.05, 0) is 24.8 Å². The van der Waals surface area contributed by atoms with Crippen LogP contribution in [0.3, 0.4) is 0 Å². The number of piperidine rings is 1. The summed E-state index contributed by atoms with van der Waals surface area (Å²) in [4.78, 5) is 30.3. The van der Waals surface area contributed by atoms with E-state index in [2.05, 4.69) is 16.1 Å². The Balaban J connectivity index is 1.35. The van der Waals surface area contributed by atoms with E-state index in [1.54, 1.807) is 6.07 Å². The first-order chi connectivity index (χ1) is 14.6. The average molecular weight is 412 g/mol. The highest BCUT2D eigenvalue weighted by molar-refractivity contribution is 5.91. The quantitative estimate of drug-likeness (QED) is 0.757. The summed E-state index contributed by atoms with van der Waals surface area (Å²) in [6.45, 7) is 7.78. The van der Waals surface area contributed by atoms with E-state index in [4.69, 9.17) is 9.26 Å². The van der Waals surface area contributed by atoms with Crippen LogP contribution in [0.4, 0.5) is 0 Å². The largest absolute Gasteiger partial charge is 0.379 e. The first-order valence-electron chi connectivity index (χ1n) is 10.9. The molecule has 2 saturated heterocycles. The van der Waals surface area contributed by atoms with Crippen molar-refractivity contribution in [2.24, 2.45) is 5.92 Å². The molecule has 2 fully saturated rings. The zero-order valence-electron chi connectivity index (χ0n) is 17.4. The molecule has 0 aliphatic carbocycles. The summed E-state index contributed by atoms with van der Waals surface area (Å²) in [7, 11) is 0. The standard InChI is InChI=1S/C22H28N4O4/c1-2-18-10-20(30-23-18)22(28)25-11-15-9-17(14-25)19-4-3-16(21(27)26(19)12-15)13-24-5-7-29-8-6-24/h3-4,10,15,17H,2,5-9,11-14H2,1H3/t15-,17+/m0/s1. The van der Waals surface area contributed by atoms with Crippen molar-refractivity contribution < 1.29 is 14.1 Å². The number of hydrogen-bond acceptors (Lipinski definition) is 6. The summed E-state index contributed by atoms with van der Waals surface area (Å²) in [5.41, 5.74) is 2.81.